The molecule has 2 heterocycles. The number of nitrogens with one attached hydrogen (secondary N) is 1. The molecule has 0 saturated carbocycles. The van der Waals surface area contributed by atoms with Crippen molar-refractivity contribution < 1.29 is 19.7 Å². The van der Waals surface area contributed by atoms with Gasteiger partial charge in [0.25, 0.3) is 5.56 Å². The second-order valence-electron chi connectivity index (χ2n) is 4.87. The predicted octanol–water partition coefficient (Wildman–Crippen LogP) is -0.471. The molecule has 22 heavy (non-hydrogen) atoms. The molecule has 2 rings (SSSR count). The number of aliphatic hydroxyl groups is 2. The number of ether oxygens (including phenoxy) is 2. The molecule has 0 radical (unpaired) electrons. The molecule has 3 N–H and O–H groups in total. The van der Waals surface area contributed by atoms with Crippen LogP contribution in [0.15, 0.2) is 15.8 Å². The highest BCUT2D eigenvalue weighted by Gasteiger charge is 2.34. The van der Waals surface area contributed by atoms with Crippen LogP contribution in [0.25, 0.3) is 0 Å². The molecule has 126 valence electrons. The Kier molecular flexibility index (Phi) is 7.46. The van der Waals surface area contributed by atoms with Crippen LogP contribution in [0.3, 0.4) is 0 Å². The number of aryl methyl sites for hydroxylation is 1. The number of hydrogen-bond acceptors (Lipinski definition) is 6. The summed E-state index contributed by atoms with van der Waals surface area (Å²) in [5, 5.41) is 18.5. The van der Waals surface area contributed by atoms with Gasteiger partial charge >= 0.3 is 5.69 Å². The monoisotopic (exact) mass is 316 g/mol. The van der Waals surface area contributed by atoms with E-state index in [9.17, 15) is 14.7 Å². The number of aromatic amines is 1. The molecule has 0 aliphatic carbocycles. The van der Waals surface area contributed by atoms with E-state index in [0.29, 0.717) is 5.56 Å². The summed E-state index contributed by atoms with van der Waals surface area (Å²) in [5.41, 5.74) is -0.643. The molecule has 1 aromatic rings. The molecular weight excluding hydrogens is 292 g/mol. The Morgan fingerprint density at radius 1 is 1.41 bits per heavy atom. The van der Waals surface area contributed by atoms with Gasteiger partial charge in [-0.25, -0.2) is 4.79 Å². The smallest absolute Gasteiger partial charge is 0.330 e. The highest BCUT2D eigenvalue weighted by molar-refractivity contribution is 5.02. The zero-order chi connectivity index (χ0) is 16.7. The normalized spacial score (nSPS) is 24.0. The first-order valence-electron chi connectivity index (χ1n) is 7.28. The Hall–Kier alpha value is -1.48. The number of rotatable bonds is 4. The molecule has 0 unspecified atom stereocenters. The molecule has 8 heteroatoms. The summed E-state index contributed by atoms with van der Waals surface area (Å²) in [4.78, 5) is 24.9. The van der Waals surface area contributed by atoms with E-state index in [2.05, 4.69) is 4.98 Å². The van der Waals surface area contributed by atoms with E-state index < -0.39 is 29.7 Å². The maximum Gasteiger partial charge on any atom is 0.330 e. The quantitative estimate of drug-likeness (QED) is 0.692. The molecule has 0 amide bonds. The van der Waals surface area contributed by atoms with Crippen molar-refractivity contribution in [3.05, 3.63) is 32.6 Å². The van der Waals surface area contributed by atoms with Crippen LogP contribution in [-0.4, -0.2) is 51.8 Å². The molecule has 8 nitrogen and oxygen atoms in total. The first-order valence-corrected chi connectivity index (χ1v) is 7.28. The molecule has 1 fully saturated rings. The van der Waals surface area contributed by atoms with E-state index in [-0.39, 0.29) is 13.0 Å². The Labute approximate surface area is 128 Å². The molecule has 1 aliphatic heterocycles. The van der Waals surface area contributed by atoms with E-state index in [4.69, 9.17) is 14.6 Å². The average molecular weight is 316 g/mol. The highest BCUT2D eigenvalue weighted by atomic mass is 16.5. The summed E-state index contributed by atoms with van der Waals surface area (Å²) in [5.74, 6) is 0. The molecular formula is C14H24N2O6. The average Bonchev–Trinajstić information content (AvgIpc) is 2.85. The van der Waals surface area contributed by atoms with Gasteiger partial charge in [-0.05, 0) is 20.8 Å². The Morgan fingerprint density at radius 2 is 2.05 bits per heavy atom. The van der Waals surface area contributed by atoms with Gasteiger partial charge in [0.2, 0.25) is 0 Å². The van der Waals surface area contributed by atoms with E-state index in [1.54, 1.807) is 6.92 Å². The lowest BCUT2D eigenvalue weighted by Gasteiger charge is -2.14. The van der Waals surface area contributed by atoms with Crippen molar-refractivity contribution in [1.29, 1.82) is 0 Å². The Balaban J connectivity index is 0.000000422. The molecule has 1 aliphatic rings. The van der Waals surface area contributed by atoms with Crippen molar-refractivity contribution in [2.75, 3.05) is 19.8 Å². The van der Waals surface area contributed by atoms with Gasteiger partial charge in [-0.3, -0.25) is 14.3 Å². The van der Waals surface area contributed by atoms with Crippen LogP contribution in [0.4, 0.5) is 0 Å². The SMILES string of the molecule is CCOCC.Cc1cn([C@H]2C[C@H](O)[C@@H](CO)O2)c(=O)[nH]c1=O. The van der Waals surface area contributed by atoms with E-state index in [1.807, 2.05) is 13.8 Å². The highest BCUT2D eigenvalue weighted by Crippen LogP contribution is 2.27. The van der Waals surface area contributed by atoms with Gasteiger partial charge in [-0.1, -0.05) is 0 Å². The van der Waals surface area contributed by atoms with Gasteiger partial charge in [-0.2, -0.15) is 0 Å². The van der Waals surface area contributed by atoms with Crippen molar-refractivity contribution >= 4 is 0 Å². The van der Waals surface area contributed by atoms with Crippen LogP contribution < -0.4 is 11.2 Å². The van der Waals surface area contributed by atoms with Crippen molar-refractivity contribution in [3.8, 4) is 0 Å². The van der Waals surface area contributed by atoms with Crippen molar-refractivity contribution in [3.63, 3.8) is 0 Å². The van der Waals surface area contributed by atoms with E-state index in [1.165, 1.54) is 10.8 Å². The molecule has 1 saturated heterocycles. The third-order valence-corrected chi connectivity index (χ3v) is 3.25. The molecule has 3 atom stereocenters. The summed E-state index contributed by atoms with van der Waals surface area (Å²) in [6, 6.07) is 0. The molecule has 0 aromatic carbocycles. The van der Waals surface area contributed by atoms with Gasteiger partial charge in [-0.15, -0.1) is 0 Å². The van der Waals surface area contributed by atoms with Gasteiger partial charge < -0.3 is 19.7 Å². The number of nitrogens with zero attached hydrogens (tertiary/aromatic N) is 1. The van der Waals surface area contributed by atoms with Crippen LogP contribution in [0.2, 0.25) is 0 Å². The number of aliphatic hydroxyl groups excluding tert-OH is 2. The molecule has 0 bridgehead atoms. The summed E-state index contributed by atoms with van der Waals surface area (Å²) < 4.78 is 11.4. The minimum absolute atomic E-state index is 0.205. The lowest BCUT2D eigenvalue weighted by atomic mass is 10.2. The maximum absolute atomic E-state index is 11.6. The number of H-pyrrole nitrogens is 1. The fourth-order valence-corrected chi connectivity index (χ4v) is 2.05. The fourth-order valence-electron chi connectivity index (χ4n) is 2.05. The summed E-state index contributed by atoms with van der Waals surface area (Å²) in [6.07, 6.45) is -0.581. The second-order valence-corrected chi connectivity index (χ2v) is 4.87. The Bertz CT molecular complexity index is 565. The summed E-state index contributed by atoms with van der Waals surface area (Å²) in [6.45, 7) is 6.93. The maximum atomic E-state index is 11.6. The third kappa shape index (κ3) is 4.77. The topological polar surface area (TPSA) is 114 Å². The minimum atomic E-state index is -0.816. The minimum Gasteiger partial charge on any atom is -0.394 e. The van der Waals surface area contributed by atoms with Crippen LogP contribution >= 0.6 is 0 Å². The van der Waals surface area contributed by atoms with Crippen LogP contribution in [0.5, 0.6) is 0 Å². The van der Waals surface area contributed by atoms with Crippen molar-refractivity contribution in [2.24, 2.45) is 0 Å². The number of hydrogen-bond donors (Lipinski definition) is 3. The fraction of sp³-hybridized carbons (Fsp3) is 0.714. The standard InChI is InChI=1S/C10H14N2O5.C4H10O/c1-5-3-12(10(16)11-9(5)15)8-2-6(14)7(4-13)17-8;1-3-5-4-2/h3,6-8,13-14H,2,4H2,1H3,(H,11,15,16);3-4H2,1-2H3/t6-,7+,8+;/m0./s1. The van der Waals surface area contributed by atoms with Gasteiger partial charge in [0, 0.05) is 31.4 Å². The first kappa shape index (κ1) is 18.6. The van der Waals surface area contributed by atoms with E-state index in [0.717, 1.165) is 13.2 Å². The zero-order valence-electron chi connectivity index (χ0n) is 13.1. The molecule has 1 aromatic heterocycles. The predicted molar refractivity (Wildman–Crippen MR) is 79.8 cm³/mol. The van der Waals surface area contributed by atoms with Crippen molar-refractivity contribution in [2.45, 2.75) is 45.6 Å². The second kappa shape index (κ2) is 8.84. The molecule has 0 spiro atoms. The van der Waals surface area contributed by atoms with E-state index >= 15 is 0 Å². The Morgan fingerprint density at radius 3 is 2.50 bits per heavy atom. The van der Waals surface area contributed by atoms with Crippen LogP contribution in [0, 0.1) is 6.92 Å². The summed E-state index contributed by atoms with van der Waals surface area (Å²) >= 11 is 0. The first-order chi connectivity index (χ1) is 10.4. The van der Waals surface area contributed by atoms with Crippen molar-refractivity contribution in [1.82, 2.24) is 9.55 Å². The number of aromatic nitrogens is 2. The van der Waals surface area contributed by atoms with Gasteiger partial charge in [0.15, 0.2) is 0 Å². The van der Waals surface area contributed by atoms with Gasteiger partial charge in [0.05, 0.1) is 12.7 Å². The summed E-state index contributed by atoms with van der Waals surface area (Å²) in [7, 11) is 0. The van der Waals surface area contributed by atoms with Crippen LogP contribution in [-0.2, 0) is 9.47 Å². The third-order valence-electron chi connectivity index (χ3n) is 3.25. The largest absolute Gasteiger partial charge is 0.394 e. The lowest BCUT2D eigenvalue weighted by Crippen LogP contribution is -2.33. The van der Waals surface area contributed by atoms with Gasteiger partial charge in [0.1, 0.15) is 12.3 Å². The lowest BCUT2D eigenvalue weighted by molar-refractivity contribution is -0.0459. The zero-order valence-corrected chi connectivity index (χ0v) is 13.1. The van der Waals surface area contributed by atoms with Crippen LogP contribution in [0.1, 0.15) is 32.1 Å².